The van der Waals surface area contributed by atoms with E-state index in [0.717, 1.165) is 30.2 Å². The SMILES string of the molecule is Cc1nc(NCCc2ccc(F)cc2)cc(NCc2ccccc2)n1. The van der Waals surface area contributed by atoms with Gasteiger partial charge < -0.3 is 10.6 Å². The molecule has 0 aliphatic carbocycles. The number of hydrogen-bond acceptors (Lipinski definition) is 4. The molecule has 0 aliphatic rings. The minimum atomic E-state index is -0.211. The summed E-state index contributed by atoms with van der Waals surface area (Å²) < 4.78 is 12.9. The number of anilines is 2. The molecule has 0 radical (unpaired) electrons. The lowest BCUT2D eigenvalue weighted by molar-refractivity contribution is 0.627. The van der Waals surface area contributed by atoms with Gasteiger partial charge in [0.25, 0.3) is 0 Å². The maximum Gasteiger partial charge on any atom is 0.132 e. The number of nitrogens with one attached hydrogen (secondary N) is 2. The van der Waals surface area contributed by atoms with Crippen LogP contribution < -0.4 is 10.6 Å². The van der Waals surface area contributed by atoms with Crippen LogP contribution in [0.5, 0.6) is 0 Å². The summed E-state index contributed by atoms with van der Waals surface area (Å²) in [5.41, 5.74) is 2.28. The molecule has 0 aliphatic heterocycles. The Bertz CT molecular complexity index is 804. The molecule has 2 N–H and O–H groups in total. The summed E-state index contributed by atoms with van der Waals surface area (Å²) in [5, 5.41) is 6.63. The normalized spacial score (nSPS) is 10.5. The van der Waals surface area contributed by atoms with Crippen LogP contribution in [-0.2, 0) is 13.0 Å². The van der Waals surface area contributed by atoms with Gasteiger partial charge in [0.15, 0.2) is 0 Å². The standard InChI is InChI=1S/C20H21FN4/c1-15-24-19(22-12-11-16-7-9-18(21)10-8-16)13-20(25-15)23-14-17-5-3-2-4-6-17/h2-10,13H,11-12,14H2,1H3,(H2,22,23,24,25). The fourth-order valence-corrected chi connectivity index (χ4v) is 2.52. The molecule has 0 saturated carbocycles. The van der Waals surface area contributed by atoms with Gasteiger partial charge in [0.2, 0.25) is 0 Å². The molecule has 0 amide bonds. The van der Waals surface area contributed by atoms with Crippen LogP contribution in [0.25, 0.3) is 0 Å². The van der Waals surface area contributed by atoms with Crippen molar-refractivity contribution >= 4 is 11.6 Å². The predicted molar refractivity (Wildman–Crippen MR) is 99.1 cm³/mol. The molecule has 25 heavy (non-hydrogen) atoms. The van der Waals surface area contributed by atoms with Crippen molar-refractivity contribution in [2.24, 2.45) is 0 Å². The molecule has 0 unspecified atom stereocenters. The first-order valence-corrected chi connectivity index (χ1v) is 8.31. The highest BCUT2D eigenvalue weighted by Gasteiger charge is 2.02. The molecule has 0 atom stereocenters. The summed E-state index contributed by atoms with van der Waals surface area (Å²) >= 11 is 0. The van der Waals surface area contributed by atoms with Crippen molar-refractivity contribution in [3.8, 4) is 0 Å². The second-order valence-corrected chi connectivity index (χ2v) is 5.83. The van der Waals surface area contributed by atoms with E-state index in [1.165, 1.54) is 17.7 Å². The molecular formula is C20H21FN4. The molecule has 0 fully saturated rings. The third-order valence-electron chi connectivity index (χ3n) is 3.79. The molecule has 0 spiro atoms. The van der Waals surface area contributed by atoms with E-state index < -0.39 is 0 Å². The van der Waals surface area contributed by atoms with E-state index in [9.17, 15) is 4.39 Å². The monoisotopic (exact) mass is 336 g/mol. The lowest BCUT2D eigenvalue weighted by atomic mass is 10.1. The van der Waals surface area contributed by atoms with E-state index in [4.69, 9.17) is 0 Å². The highest BCUT2D eigenvalue weighted by Crippen LogP contribution is 2.13. The van der Waals surface area contributed by atoms with E-state index >= 15 is 0 Å². The van der Waals surface area contributed by atoms with Crippen LogP contribution in [0.1, 0.15) is 17.0 Å². The highest BCUT2D eigenvalue weighted by atomic mass is 19.1. The number of hydrogen-bond donors (Lipinski definition) is 2. The van der Waals surface area contributed by atoms with Crippen molar-refractivity contribution in [3.63, 3.8) is 0 Å². The first kappa shape index (κ1) is 16.9. The van der Waals surface area contributed by atoms with Gasteiger partial charge in [-0.2, -0.15) is 0 Å². The Morgan fingerprint density at radius 1 is 0.840 bits per heavy atom. The Hall–Kier alpha value is -2.95. The average Bonchev–Trinajstić information content (AvgIpc) is 2.62. The van der Waals surface area contributed by atoms with Crippen molar-refractivity contribution < 1.29 is 4.39 Å². The Balaban J connectivity index is 1.56. The lowest BCUT2D eigenvalue weighted by Crippen LogP contribution is -2.09. The number of rotatable bonds is 7. The topological polar surface area (TPSA) is 49.8 Å². The van der Waals surface area contributed by atoms with Crippen LogP contribution in [-0.4, -0.2) is 16.5 Å². The zero-order valence-electron chi connectivity index (χ0n) is 14.2. The van der Waals surface area contributed by atoms with E-state index in [1.807, 2.05) is 31.2 Å². The zero-order chi connectivity index (χ0) is 17.5. The van der Waals surface area contributed by atoms with Gasteiger partial charge in [0.1, 0.15) is 23.3 Å². The Morgan fingerprint density at radius 3 is 2.24 bits per heavy atom. The zero-order valence-corrected chi connectivity index (χ0v) is 14.2. The molecule has 1 heterocycles. The minimum absolute atomic E-state index is 0.211. The van der Waals surface area contributed by atoms with Gasteiger partial charge in [-0.15, -0.1) is 0 Å². The van der Waals surface area contributed by atoms with Crippen molar-refractivity contribution in [1.29, 1.82) is 0 Å². The number of aromatic nitrogens is 2. The minimum Gasteiger partial charge on any atom is -0.370 e. The van der Waals surface area contributed by atoms with E-state index in [1.54, 1.807) is 12.1 Å². The maximum atomic E-state index is 12.9. The summed E-state index contributed by atoms with van der Waals surface area (Å²) in [5.74, 6) is 2.07. The second kappa shape index (κ2) is 8.24. The quantitative estimate of drug-likeness (QED) is 0.679. The fraction of sp³-hybridized carbons (Fsp3) is 0.200. The van der Waals surface area contributed by atoms with Crippen LogP contribution in [0.15, 0.2) is 60.7 Å². The van der Waals surface area contributed by atoms with Crippen LogP contribution >= 0.6 is 0 Å². The molecule has 128 valence electrons. The number of aryl methyl sites for hydroxylation is 1. The van der Waals surface area contributed by atoms with Gasteiger partial charge in [0, 0.05) is 19.2 Å². The molecule has 3 aromatic rings. The number of nitrogens with zero attached hydrogens (tertiary/aromatic N) is 2. The summed E-state index contributed by atoms with van der Waals surface area (Å²) in [6.45, 7) is 3.31. The fourth-order valence-electron chi connectivity index (χ4n) is 2.52. The van der Waals surface area contributed by atoms with Crippen LogP contribution in [0.3, 0.4) is 0 Å². The van der Waals surface area contributed by atoms with E-state index in [2.05, 4.69) is 32.7 Å². The summed E-state index contributed by atoms with van der Waals surface area (Å²) in [4.78, 5) is 8.83. The van der Waals surface area contributed by atoms with Crippen LogP contribution in [0, 0.1) is 12.7 Å². The van der Waals surface area contributed by atoms with E-state index in [-0.39, 0.29) is 5.82 Å². The second-order valence-electron chi connectivity index (χ2n) is 5.83. The number of benzene rings is 2. The Kier molecular flexibility index (Phi) is 5.57. The summed E-state index contributed by atoms with van der Waals surface area (Å²) in [6.07, 6.45) is 0.802. The third-order valence-corrected chi connectivity index (χ3v) is 3.79. The Morgan fingerprint density at radius 2 is 1.52 bits per heavy atom. The van der Waals surface area contributed by atoms with Crippen molar-refractivity contribution in [1.82, 2.24) is 9.97 Å². The molecule has 1 aromatic heterocycles. The van der Waals surface area contributed by atoms with Gasteiger partial charge in [-0.05, 0) is 36.6 Å². The molecule has 5 heteroatoms. The molecule has 4 nitrogen and oxygen atoms in total. The Labute approximate surface area is 147 Å². The molecule has 0 bridgehead atoms. The molecule has 2 aromatic carbocycles. The van der Waals surface area contributed by atoms with Gasteiger partial charge >= 0.3 is 0 Å². The first-order chi connectivity index (χ1) is 12.2. The van der Waals surface area contributed by atoms with Gasteiger partial charge in [-0.25, -0.2) is 14.4 Å². The number of halogens is 1. The van der Waals surface area contributed by atoms with E-state index in [0.29, 0.717) is 12.4 Å². The summed E-state index contributed by atoms with van der Waals surface area (Å²) in [6, 6.07) is 18.7. The molecule has 3 rings (SSSR count). The average molecular weight is 336 g/mol. The van der Waals surface area contributed by atoms with Crippen LogP contribution in [0.4, 0.5) is 16.0 Å². The third kappa shape index (κ3) is 5.28. The lowest BCUT2D eigenvalue weighted by Gasteiger charge is -2.10. The predicted octanol–water partition coefficient (Wildman–Crippen LogP) is 4.19. The summed E-state index contributed by atoms with van der Waals surface area (Å²) in [7, 11) is 0. The van der Waals surface area contributed by atoms with Gasteiger partial charge in [0.05, 0.1) is 0 Å². The van der Waals surface area contributed by atoms with Crippen molar-refractivity contribution in [3.05, 3.63) is 83.4 Å². The van der Waals surface area contributed by atoms with Crippen molar-refractivity contribution in [2.45, 2.75) is 19.9 Å². The van der Waals surface area contributed by atoms with Gasteiger partial charge in [-0.1, -0.05) is 42.5 Å². The maximum absolute atomic E-state index is 12.9. The van der Waals surface area contributed by atoms with Gasteiger partial charge in [-0.3, -0.25) is 0 Å². The highest BCUT2D eigenvalue weighted by molar-refractivity contribution is 5.48. The molecular weight excluding hydrogens is 315 g/mol. The van der Waals surface area contributed by atoms with Crippen molar-refractivity contribution in [2.75, 3.05) is 17.2 Å². The smallest absolute Gasteiger partial charge is 0.132 e. The largest absolute Gasteiger partial charge is 0.370 e. The first-order valence-electron chi connectivity index (χ1n) is 8.31. The van der Waals surface area contributed by atoms with Crippen LogP contribution in [0.2, 0.25) is 0 Å². The molecule has 0 saturated heterocycles.